The number of aliphatic hydroxyl groups is 1. The highest BCUT2D eigenvalue weighted by molar-refractivity contribution is 5.79. The smallest absolute Gasteiger partial charge is 0.235 e. The van der Waals surface area contributed by atoms with Crippen LogP contribution < -0.4 is 14.9 Å². The number of nitrogens with zero attached hydrogens (tertiary/aromatic N) is 2. The van der Waals surface area contributed by atoms with E-state index in [1.165, 1.54) is 6.26 Å². The molecule has 7 heteroatoms. The summed E-state index contributed by atoms with van der Waals surface area (Å²) in [6.07, 6.45) is 0.577. The molecular formula is C25H26N2O5. The van der Waals surface area contributed by atoms with Crippen molar-refractivity contribution in [3.8, 4) is 17.2 Å². The maximum Gasteiger partial charge on any atom is 0.235 e. The van der Waals surface area contributed by atoms with Crippen LogP contribution in [-0.4, -0.2) is 27.6 Å². The van der Waals surface area contributed by atoms with Crippen LogP contribution in [0.2, 0.25) is 0 Å². The molecule has 0 saturated heterocycles. The maximum atomic E-state index is 12.8. The summed E-state index contributed by atoms with van der Waals surface area (Å²) in [5.74, 6) is 1.21. The number of benzene rings is 2. The van der Waals surface area contributed by atoms with E-state index in [9.17, 15) is 9.90 Å². The minimum Gasteiger partial charge on any atom is -0.491 e. The van der Waals surface area contributed by atoms with Crippen molar-refractivity contribution in [1.29, 1.82) is 0 Å². The fourth-order valence-electron chi connectivity index (χ4n) is 3.67. The van der Waals surface area contributed by atoms with Gasteiger partial charge in [-0.1, -0.05) is 6.07 Å². The van der Waals surface area contributed by atoms with Gasteiger partial charge >= 0.3 is 0 Å². The van der Waals surface area contributed by atoms with Crippen LogP contribution in [0.25, 0.3) is 11.0 Å². The van der Waals surface area contributed by atoms with Crippen molar-refractivity contribution < 1.29 is 19.0 Å². The van der Waals surface area contributed by atoms with Crippen molar-refractivity contribution in [2.24, 2.45) is 0 Å². The molecule has 0 unspecified atom stereocenters. The molecule has 1 atom stereocenters. The number of rotatable bonds is 7. The van der Waals surface area contributed by atoms with E-state index in [2.05, 4.69) is 5.10 Å². The summed E-state index contributed by atoms with van der Waals surface area (Å²) in [5, 5.41) is 15.0. The number of hydrogen-bond donors (Lipinski definition) is 1. The lowest BCUT2D eigenvalue weighted by Crippen LogP contribution is -2.24. The highest BCUT2D eigenvalue weighted by Crippen LogP contribution is 2.25. The van der Waals surface area contributed by atoms with Crippen LogP contribution in [-0.2, 0) is 6.54 Å². The third-order valence-corrected chi connectivity index (χ3v) is 5.07. The fraction of sp³-hybridized carbons (Fsp3) is 0.280. The number of ether oxygens (including phenoxy) is 2. The molecule has 2 aromatic carbocycles. The van der Waals surface area contributed by atoms with E-state index >= 15 is 0 Å². The Labute approximate surface area is 185 Å². The molecule has 0 saturated carbocycles. The Hall–Kier alpha value is -3.58. The van der Waals surface area contributed by atoms with Gasteiger partial charge in [0.15, 0.2) is 0 Å². The van der Waals surface area contributed by atoms with Crippen LogP contribution in [0.1, 0.15) is 22.5 Å². The Morgan fingerprint density at radius 1 is 1.03 bits per heavy atom. The van der Waals surface area contributed by atoms with Crippen LogP contribution in [0.3, 0.4) is 0 Å². The number of aromatic nitrogens is 2. The zero-order valence-corrected chi connectivity index (χ0v) is 18.6. The average Bonchev–Trinajstić information content (AvgIpc) is 3.04. The van der Waals surface area contributed by atoms with Crippen LogP contribution >= 0.6 is 0 Å². The molecule has 0 aliphatic rings. The first-order valence-corrected chi connectivity index (χ1v) is 10.4. The molecule has 2 aromatic heterocycles. The molecule has 0 bridgehead atoms. The summed E-state index contributed by atoms with van der Waals surface area (Å²) in [6, 6.07) is 12.7. The molecule has 7 nitrogen and oxygen atoms in total. The summed E-state index contributed by atoms with van der Waals surface area (Å²) < 4.78 is 18.9. The summed E-state index contributed by atoms with van der Waals surface area (Å²) in [5.41, 5.74) is 4.10. The average molecular weight is 434 g/mol. The van der Waals surface area contributed by atoms with Gasteiger partial charge in [-0.3, -0.25) is 9.48 Å². The molecule has 2 heterocycles. The van der Waals surface area contributed by atoms with Crippen molar-refractivity contribution in [2.45, 2.75) is 40.3 Å². The molecule has 32 heavy (non-hydrogen) atoms. The second kappa shape index (κ2) is 8.88. The Bertz CT molecular complexity index is 1300. The van der Waals surface area contributed by atoms with E-state index in [1.54, 1.807) is 22.9 Å². The van der Waals surface area contributed by atoms with Crippen LogP contribution in [0.15, 0.2) is 57.9 Å². The van der Waals surface area contributed by atoms with Crippen LogP contribution in [0, 0.1) is 27.7 Å². The molecule has 0 amide bonds. The molecule has 4 rings (SSSR count). The van der Waals surface area contributed by atoms with Crippen molar-refractivity contribution >= 4 is 11.0 Å². The van der Waals surface area contributed by atoms with Gasteiger partial charge in [0.05, 0.1) is 17.6 Å². The molecule has 4 aromatic rings. The molecule has 0 aliphatic carbocycles. The minimum atomic E-state index is -0.732. The predicted octanol–water partition coefficient (Wildman–Crippen LogP) is 4.46. The van der Waals surface area contributed by atoms with Crippen molar-refractivity contribution in [1.82, 2.24) is 9.78 Å². The molecule has 0 fully saturated rings. The molecule has 0 spiro atoms. The summed E-state index contributed by atoms with van der Waals surface area (Å²) in [7, 11) is 0. The Kier molecular flexibility index (Phi) is 6.01. The van der Waals surface area contributed by atoms with E-state index in [-0.39, 0.29) is 17.8 Å². The lowest BCUT2D eigenvalue weighted by Gasteiger charge is -2.14. The van der Waals surface area contributed by atoms with Crippen molar-refractivity contribution in [3.63, 3.8) is 0 Å². The first kappa shape index (κ1) is 21.6. The Morgan fingerprint density at radius 3 is 2.47 bits per heavy atom. The largest absolute Gasteiger partial charge is 0.491 e. The second-order valence-corrected chi connectivity index (χ2v) is 8.09. The third kappa shape index (κ3) is 4.84. The minimum absolute atomic E-state index is 0.0853. The normalized spacial score (nSPS) is 12.2. The Morgan fingerprint density at radius 2 is 1.78 bits per heavy atom. The molecule has 166 valence electrons. The van der Waals surface area contributed by atoms with Gasteiger partial charge < -0.3 is 19.0 Å². The second-order valence-electron chi connectivity index (χ2n) is 8.09. The van der Waals surface area contributed by atoms with Gasteiger partial charge in [0.1, 0.15) is 36.1 Å². The van der Waals surface area contributed by atoms with Gasteiger partial charge in [0, 0.05) is 11.8 Å². The van der Waals surface area contributed by atoms with Crippen molar-refractivity contribution in [3.05, 3.63) is 81.5 Å². The van der Waals surface area contributed by atoms with E-state index < -0.39 is 6.10 Å². The first-order valence-electron chi connectivity index (χ1n) is 10.4. The zero-order chi connectivity index (χ0) is 22.8. The SMILES string of the molecule is Cc1cc(C)cc(Oc2coc3cc(OC[C@@H](O)Cn4nc(C)cc4C)ccc3c2=O)c1. The lowest BCUT2D eigenvalue weighted by atomic mass is 10.1. The van der Waals surface area contributed by atoms with E-state index in [0.717, 1.165) is 22.5 Å². The Balaban J connectivity index is 1.46. The summed E-state index contributed by atoms with van der Waals surface area (Å²) >= 11 is 0. The quantitative estimate of drug-likeness (QED) is 0.462. The number of aliphatic hydroxyl groups excluding tert-OH is 1. The molecular weight excluding hydrogens is 408 g/mol. The highest BCUT2D eigenvalue weighted by Gasteiger charge is 2.13. The zero-order valence-electron chi connectivity index (χ0n) is 18.6. The van der Waals surface area contributed by atoms with Crippen LogP contribution in [0.4, 0.5) is 0 Å². The monoisotopic (exact) mass is 434 g/mol. The highest BCUT2D eigenvalue weighted by atomic mass is 16.5. The van der Waals surface area contributed by atoms with Gasteiger partial charge in [-0.15, -0.1) is 0 Å². The van der Waals surface area contributed by atoms with Crippen molar-refractivity contribution in [2.75, 3.05) is 6.61 Å². The van der Waals surface area contributed by atoms with Gasteiger partial charge in [0.25, 0.3) is 0 Å². The van der Waals surface area contributed by atoms with Gasteiger partial charge in [-0.25, -0.2) is 0 Å². The summed E-state index contributed by atoms with van der Waals surface area (Å²) in [6.45, 7) is 8.21. The topological polar surface area (TPSA) is 86.7 Å². The maximum absolute atomic E-state index is 12.8. The predicted molar refractivity (Wildman–Crippen MR) is 122 cm³/mol. The summed E-state index contributed by atoms with van der Waals surface area (Å²) in [4.78, 5) is 12.8. The first-order chi connectivity index (χ1) is 15.3. The molecule has 0 radical (unpaired) electrons. The lowest BCUT2D eigenvalue weighted by molar-refractivity contribution is 0.0887. The van der Waals surface area contributed by atoms with E-state index in [4.69, 9.17) is 13.9 Å². The van der Waals surface area contributed by atoms with Gasteiger partial charge in [-0.05, 0) is 69.2 Å². The number of aryl methyl sites for hydroxylation is 4. The number of hydrogen-bond acceptors (Lipinski definition) is 6. The van der Waals surface area contributed by atoms with E-state index in [1.807, 2.05) is 52.0 Å². The van der Waals surface area contributed by atoms with E-state index in [0.29, 0.717) is 29.0 Å². The standard InChI is InChI=1S/C25H26N2O5/c1-15-7-16(2)9-21(8-15)32-24-14-31-23-11-20(5-6-22(23)25(24)29)30-13-19(28)12-27-18(4)10-17(3)26-27/h5-11,14,19,28H,12-13H2,1-4H3/t19-/m0/s1. The molecule has 1 N–H and O–H groups in total. The molecule has 0 aliphatic heterocycles. The van der Waals surface area contributed by atoms with Gasteiger partial charge in [0.2, 0.25) is 11.2 Å². The fourth-order valence-corrected chi connectivity index (χ4v) is 3.67. The van der Waals surface area contributed by atoms with Gasteiger partial charge in [-0.2, -0.15) is 5.10 Å². The number of fused-ring (bicyclic) bond motifs is 1. The third-order valence-electron chi connectivity index (χ3n) is 5.07. The van der Waals surface area contributed by atoms with Crippen LogP contribution in [0.5, 0.6) is 17.2 Å².